The molecule has 0 aromatic heterocycles. The Morgan fingerprint density at radius 3 is 2.52 bits per heavy atom. The van der Waals surface area contributed by atoms with Crippen LogP contribution < -0.4 is 10.6 Å². The average molecular weight is 343 g/mol. The molecule has 1 rings (SSSR count). The number of hydrogen-bond donors (Lipinski definition) is 2. The third kappa shape index (κ3) is 7.86. The molecule has 0 heterocycles. The smallest absolute Gasteiger partial charge is 0.263 e. The zero-order valence-corrected chi connectivity index (χ0v) is 15.6. The van der Waals surface area contributed by atoms with Crippen LogP contribution in [0.2, 0.25) is 0 Å². The van der Waals surface area contributed by atoms with Crippen molar-refractivity contribution in [3.8, 4) is 6.07 Å². The summed E-state index contributed by atoms with van der Waals surface area (Å²) in [5.41, 5.74) is 2.34. The summed E-state index contributed by atoms with van der Waals surface area (Å²) < 4.78 is 5.44. The third-order valence-corrected chi connectivity index (χ3v) is 3.76. The van der Waals surface area contributed by atoms with Gasteiger partial charge in [-0.2, -0.15) is 5.26 Å². The molecule has 136 valence electrons. The van der Waals surface area contributed by atoms with Crippen molar-refractivity contribution in [3.63, 3.8) is 0 Å². The zero-order valence-electron chi connectivity index (χ0n) is 15.6. The first kappa shape index (κ1) is 20.7. The minimum absolute atomic E-state index is 0.0711. The van der Waals surface area contributed by atoms with Gasteiger partial charge in [-0.25, -0.2) is 0 Å². The molecular weight excluding hydrogens is 314 g/mol. The monoisotopic (exact) mass is 343 g/mol. The predicted octanol–water partition coefficient (Wildman–Crippen LogP) is 3.24. The van der Waals surface area contributed by atoms with Gasteiger partial charge in [0.05, 0.1) is 12.1 Å². The number of carbonyl (C=O) groups excluding carboxylic acids is 1. The van der Waals surface area contributed by atoms with Gasteiger partial charge in [-0.15, -0.1) is 0 Å². The Morgan fingerprint density at radius 2 is 1.96 bits per heavy atom. The molecule has 0 radical (unpaired) electrons. The summed E-state index contributed by atoms with van der Waals surface area (Å²) in [6, 6.07) is 9.91. The van der Waals surface area contributed by atoms with E-state index in [2.05, 4.69) is 29.7 Å². The van der Waals surface area contributed by atoms with Gasteiger partial charge in [0.2, 0.25) is 0 Å². The SMILES string of the molecule is CCc1ccc(C(C)NC(=O)/C(C#N)=C\NCCCOC(C)C)cc1. The summed E-state index contributed by atoms with van der Waals surface area (Å²) in [6.45, 7) is 9.29. The number of benzene rings is 1. The first-order valence-corrected chi connectivity index (χ1v) is 8.82. The van der Waals surface area contributed by atoms with Gasteiger partial charge in [0.25, 0.3) is 5.91 Å². The summed E-state index contributed by atoms with van der Waals surface area (Å²) in [7, 11) is 0. The lowest BCUT2D eigenvalue weighted by molar-refractivity contribution is -0.117. The van der Waals surface area contributed by atoms with Gasteiger partial charge in [0.1, 0.15) is 11.6 Å². The first-order valence-electron chi connectivity index (χ1n) is 8.82. The molecule has 1 unspecified atom stereocenters. The van der Waals surface area contributed by atoms with E-state index in [9.17, 15) is 10.1 Å². The molecule has 1 amide bonds. The number of amides is 1. The van der Waals surface area contributed by atoms with Gasteiger partial charge >= 0.3 is 0 Å². The van der Waals surface area contributed by atoms with E-state index in [1.165, 1.54) is 11.8 Å². The maximum Gasteiger partial charge on any atom is 0.263 e. The van der Waals surface area contributed by atoms with Crippen LogP contribution in [0.15, 0.2) is 36.0 Å². The van der Waals surface area contributed by atoms with E-state index in [-0.39, 0.29) is 23.6 Å². The van der Waals surface area contributed by atoms with E-state index in [0.717, 1.165) is 18.4 Å². The van der Waals surface area contributed by atoms with Crippen LogP contribution in [0.4, 0.5) is 0 Å². The highest BCUT2D eigenvalue weighted by atomic mass is 16.5. The van der Waals surface area contributed by atoms with Crippen LogP contribution in [0.25, 0.3) is 0 Å². The van der Waals surface area contributed by atoms with Crippen molar-refractivity contribution < 1.29 is 9.53 Å². The quantitative estimate of drug-likeness (QED) is 0.388. The van der Waals surface area contributed by atoms with Crippen molar-refractivity contribution >= 4 is 5.91 Å². The number of carbonyl (C=O) groups is 1. The zero-order chi connectivity index (χ0) is 18.7. The number of ether oxygens (including phenoxy) is 1. The summed E-state index contributed by atoms with van der Waals surface area (Å²) in [5, 5.41) is 15.0. The fourth-order valence-corrected chi connectivity index (χ4v) is 2.22. The molecule has 25 heavy (non-hydrogen) atoms. The second-order valence-electron chi connectivity index (χ2n) is 6.19. The molecule has 1 atom stereocenters. The number of rotatable bonds is 10. The molecule has 5 nitrogen and oxygen atoms in total. The Bertz CT molecular complexity index is 600. The number of hydrogen-bond acceptors (Lipinski definition) is 4. The Hall–Kier alpha value is -2.32. The van der Waals surface area contributed by atoms with Crippen LogP contribution in [-0.4, -0.2) is 25.2 Å². The van der Waals surface area contributed by atoms with Gasteiger partial charge in [0, 0.05) is 19.4 Å². The average Bonchev–Trinajstić information content (AvgIpc) is 2.60. The molecule has 1 aromatic carbocycles. The predicted molar refractivity (Wildman–Crippen MR) is 99.8 cm³/mol. The van der Waals surface area contributed by atoms with Gasteiger partial charge in [-0.3, -0.25) is 4.79 Å². The highest BCUT2D eigenvalue weighted by Gasteiger charge is 2.13. The summed E-state index contributed by atoms with van der Waals surface area (Å²) in [4.78, 5) is 12.2. The van der Waals surface area contributed by atoms with Crippen LogP contribution in [0.5, 0.6) is 0 Å². The van der Waals surface area contributed by atoms with Crippen molar-refractivity contribution in [2.24, 2.45) is 0 Å². The van der Waals surface area contributed by atoms with Crippen LogP contribution in [0.1, 0.15) is 51.3 Å². The molecule has 0 aliphatic heterocycles. The Labute approximate surface area is 151 Å². The molecule has 0 aliphatic carbocycles. The minimum atomic E-state index is -0.375. The van der Waals surface area contributed by atoms with Crippen molar-refractivity contribution in [2.45, 2.75) is 52.7 Å². The van der Waals surface area contributed by atoms with Gasteiger partial charge in [0.15, 0.2) is 0 Å². The summed E-state index contributed by atoms with van der Waals surface area (Å²) in [5.74, 6) is -0.375. The molecule has 2 N–H and O–H groups in total. The number of nitrogens with zero attached hydrogens (tertiary/aromatic N) is 1. The van der Waals surface area contributed by atoms with Crippen molar-refractivity contribution in [1.82, 2.24) is 10.6 Å². The van der Waals surface area contributed by atoms with Gasteiger partial charge in [-0.1, -0.05) is 31.2 Å². The normalized spacial score (nSPS) is 12.6. The first-order chi connectivity index (χ1) is 12.0. The second kappa shape index (κ2) is 11.3. The topological polar surface area (TPSA) is 74.2 Å². The van der Waals surface area contributed by atoms with Gasteiger partial charge in [-0.05, 0) is 44.7 Å². The fraction of sp³-hybridized carbons (Fsp3) is 0.500. The number of nitriles is 1. The van der Waals surface area contributed by atoms with Crippen molar-refractivity contribution in [1.29, 1.82) is 5.26 Å². The summed E-state index contributed by atoms with van der Waals surface area (Å²) in [6.07, 6.45) is 3.48. The molecule has 5 heteroatoms. The highest BCUT2D eigenvalue weighted by Crippen LogP contribution is 2.14. The Kier molecular flexibility index (Phi) is 9.34. The van der Waals surface area contributed by atoms with Crippen molar-refractivity contribution in [2.75, 3.05) is 13.2 Å². The van der Waals surface area contributed by atoms with E-state index in [4.69, 9.17) is 4.74 Å². The van der Waals surface area contributed by atoms with E-state index < -0.39 is 0 Å². The highest BCUT2D eigenvalue weighted by molar-refractivity contribution is 5.97. The lowest BCUT2D eigenvalue weighted by Gasteiger charge is -2.14. The van der Waals surface area contributed by atoms with Crippen LogP contribution in [0, 0.1) is 11.3 Å². The molecule has 0 saturated heterocycles. The van der Waals surface area contributed by atoms with Crippen LogP contribution in [0.3, 0.4) is 0 Å². The van der Waals surface area contributed by atoms with E-state index >= 15 is 0 Å². The molecule has 0 saturated carbocycles. The number of aryl methyl sites for hydroxylation is 1. The molecule has 0 bridgehead atoms. The Morgan fingerprint density at radius 1 is 1.28 bits per heavy atom. The Balaban J connectivity index is 2.48. The summed E-state index contributed by atoms with van der Waals surface area (Å²) >= 11 is 0. The second-order valence-corrected chi connectivity index (χ2v) is 6.19. The van der Waals surface area contributed by atoms with Crippen molar-refractivity contribution in [3.05, 3.63) is 47.2 Å². The molecule has 0 fully saturated rings. The standard InChI is InChI=1S/C20H29N3O2/c1-5-17-7-9-18(10-8-17)16(4)23-20(24)19(13-21)14-22-11-6-12-25-15(2)3/h7-10,14-16,22H,5-6,11-12H2,1-4H3,(H,23,24)/b19-14-. The molecule has 0 spiro atoms. The fourth-order valence-electron chi connectivity index (χ4n) is 2.22. The minimum Gasteiger partial charge on any atom is -0.390 e. The van der Waals surface area contributed by atoms with E-state index in [1.54, 1.807) is 0 Å². The van der Waals surface area contributed by atoms with Gasteiger partial charge < -0.3 is 15.4 Å². The lowest BCUT2D eigenvalue weighted by atomic mass is 10.0. The van der Waals surface area contributed by atoms with E-state index in [1.807, 2.05) is 39.0 Å². The molecule has 1 aromatic rings. The third-order valence-electron chi connectivity index (χ3n) is 3.76. The number of nitrogens with one attached hydrogen (secondary N) is 2. The maximum absolute atomic E-state index is 12.2. The van der Waals surface area contributed by atoms with E-state index in [0.29, 0.717) is 13.2 Å². The largest absolute Gasteiger partial charge is 0.390 e. The lowest BCUT2D eigenvalue weighted by Crippen LogP contribution is -2.28. The maximum atomic E-state index is 12.2. The molecule has 0 aliphatic rings. The molecular formula is C20H29N3O2. The van der Waals surface area contributed by atoms with Crippen LogP contribution >= 0.6 is 0 Å². The van der Waals surface area contributed by atoms with Crippen LogP contribution in [-0.2, 0) is 16.0 Å².